The largest absolute Gasteiger partial charge is 0.356 e. The summed E-state index contributed by atoms with van der Waals surface area (Å²) in [5, 5.41) is 0. The van der Waals surface area contributed by atoms with Gasteiger partial charge in [-0.15, -0.1) is 0 Å². The third kappa shape index (κ3) is 4.14. The molecule has 0 spiro atoms. The van der Waals surface area contributed by atoms with E-state index >= 15 is 0 Å². The molecule has 0 N–H and O–H groups in total. The Morgan fingerprint density at radius 2 is 1.96 bits per heavy atom. The topological polar surface area (TPSA) is 34.5 Å². The molecule has 1 atom stereocenters. The van der Waals surface area contributed by atoms with Gasteiger partial charge in [0.1, 0.15) is 0 Å². The van der Waals surface area contributed by atoms with Crippen LogP contribution in [0.15, 0.2) is 59.9 Å². The number of allylic oxidation sites excluding steroid dienone is 1. The zero-order valence-electron chi connectivity index (χ0n) is 13.5. The van der Waals surface area contributed by atoms with E-state index in [1.165, 1.54) is 11.1 Å². The van der Waals surface area contributed by atoms with Crippen molar-refractivity contribution in [1.82, 2.24) is 4.98 Å². The van der Waals surface area contributed by atoms with Crippen molar-refractivity contribution in [2.24, 2.45) is 4.99 Å². The summed E-state index contributed by atoms with van der Waals surface area (Å²) in [5.41, 5.74) is 4.62. The molecule has 0 saturated heterocycles. The van der Waals surface area contributed by atoms with Crippen LogP contribution in [0, 0.1) is 0 Å². The summed E-state index contributed by atoms with van der Waals surface area (Å²) in [6.45, 7) is 2.94. The van der Waals surface area contributed by atoms with Crippen LogP contribution in [0.5, 0.6) is 0 Å². The van der Waals surface area contributed by atoms with Crippen LogP contribution >= 0.6 is 0 Å². The summed E-state index contributed by atoms with van der Waals surface area (Å²) in [5.74, 6) is 0. The summed E-state index contributed by atoms with van der Waals surface area (Å²) < 4.78 is 5.93. The minimum absolute atomic E-state index is 0.0754. The van der Waals surface area contributed by atoms with E-state index in [-0.39, 0.29) is 6.23 Å². The number of benzene rings is 1. The summed E-state index contributed by atoms with van der Waals surface area (Å²) in [7, 11) is 0. The van der Waals surface area contributed by atoms with E-state index < -0.39 is 0 Å². The lowest BCUT2D eigenvalue weighted by Crippen LogP contribution is -2.23. The van der Waals surface area contributed by atoms with Crippen LogP contribution in [0.3, 0.4) is 0 Å². The van der Waals surface area contributed by atoms with Gasteiger partial charge >= 0.3 is 0 Å². The quantitative estimate of drug-likeness (QED) is 0.746. The molecule has 1 aliphatic heterocycles. The zero-order chi connectivity index (χ0) is 15.9. The minimum atomic E-state index is -0.0754. The second-order valence-electron chi connectivity index (χ2n) is 5.67. The molecule has 118 valence electrons. The lowest BCUT2D eigenvalue weighted by atomic mass is 9.96. The zero-order valence-corrected chi connectivity index (χ0v) is 13.5. The van der Waals surface area contributed by atoms with Crippen molar-refractivity contribution in [1.29, 1.82) is 0 Å². The number of hydrogen-bond acceptors (Lipinski definition) is 3. The highest BCUT2D eigenvalue weighted by Gasteiger charge is 2.19. The number of pyridine rings is 1. The molecule has 2 heterocycles. The first kappa shape index (κ1) is 15.6. The van der Waals surface area contributed by atoms with Crippen molar-refractivity contribution in [3.63, 3.8) is 0 Å². The first-order valence-corrected chi connectivity index (χ1v) is 8.22. The van der Waals surface area contributed by atoms with Gasteiger partial charge in [-0.05, 0) is 35.8 Å². The highest BCUT2D eigenvalue weighted by molar-refractivity contribution is 6.12. The molecular weight excluding hydrogens is 284 g/mol. The van der Waals surface area contributed by atoms with Crippen molar-refractivity contribution in [3.8, 4) is 0 Å². The molecule has 0 radical (unpaired) electrons. The molecule has 3 rings (SSSR count). The standard InChI is InChI=1S/C20H22N2O/c1-2-3-14-23-20-15-17-6-4-5-7-18(17)19(22-20)9-8-16-10-12-21-13-11-16/h4-13,20H,2-3,14-15H2,1H3. The number of fused-ring (bicyclic) bond motifs is 1. The Morgan fingerprint density at radius 1 is 1.13 bits per heavy atom. The number of rotatable bonds is 6. The summed E-state index contributed by atoms with van der Waals surface area (Å²) in [6, 6.07) is 12.4. The molecule has 1 aromatic carbocycles. The summed E-state index contributed by atoms with van der Waals surface area (Å²) in [6.07, 6.45) is 10.7. The fraction of sp³-hybridized carbons (Fsp3) is 0.300. The number of ether oxygens (including phenoxy) is 1. The van der Waals surface area contributed by atoms with Gasteiger partial charge in [-0.2, -0.15) is 0 Å². The van der Waals surface area contributed by atoms with E-state index in [1.807, 2.05) is 12.1 Å². The summed E-state index contributed by atoms with van der Waals surface area (Å²) in [4.78, 5) is 8.85. The SMILES string of the molecule is CCCCOC1Cc2ccccc2C(C=Cc2ccncc2)=N1. The first-order valence-electron chi connectivity index (χ1n) is 8.22. The monoisotopic (exact) mass is 306 g/mol. The number of unbranched alkanes of at least 4 members (excludes halogenated alkanes) is 1. The van der Waals surface area contributed by atoms with Gasteiger partial charge in [0.05, 0.1) is 5.71 Å². The number of aliphatic imine (C=N–C) groups is 1. The van der Waals surface area contributed by atoms with Gasteiger partial charge in [-0.3, -0.25) is 9.98 Å². The van der Waals surface area contributed by atoms with Gasteiger partial charge in [0.2, 0.25) is 0 Å². The molecule has 0 amide bonds. The van der Waals surface area contributed by atoms with Crippen LogP contribution in [-0.4, -0.2) is 23.5 Å². The van der Waals surface area contributed by atoms with Crippen molar-refractivity contribution in [2.45, 2.75) is 32.4 Å². The number of hydrogen-bond donors (Lipinski definition) is 0. The van der Waals surface area contributed by atoms with Crippen LogP contribution in [0.25, 0.3) is 6.08 Å². The van der Waals surface area contributed by atoms with Gasteiger partial charge < -0.3 is 4.74 Å². The average molecular weight is 306 g/mol. The van der Waals surface area contributed by atoms with Crippen LogP contribution in [0.4, 0.5) is 0 Å². The Bertz CT molecular complexity index is 692. The molecule has 23 heavy (non-hydrogen) atoms. The van der Waals surface area contributed by atoms with Gasteiger partial charge in [-0.25, -0.2) is 0 Å². The number of aromatic nitrogens is 1. The Morgan fingerprint density at radius 3 is 2.78 bits per heavy atom. The molecule has 0 saturated carbocycles. The molecule has 2 aromatic rings. The second kappa shape index (κ2) is 7.84. The van der Waals surface area contributed by atoms with Crippen LogP contribution in [-0.2, 0) is 11.2 Å². The van der Waals surface area contributed by atoms with Crippen molar-refractivity contribution in [3.05, 3.63) is 71.6 Å². The molecule has 3 nitrogen and oxygen atoms in total. The second-order valence-corrected chi connectivity index (χ2v) is 5.67. The van der Waals surface area contributed by atoms with E-state index in [9.17, 15) is 0 Å². The predicted octanol–water partition coefficient (Wildman–Crippen LogP) is 4.28. The van der Waals surface area contributed by atoms with E-state index in [4.69, 9.17) is 9.73 Å². The smallest absolute Gasteiger partial charge is 0.153 e. The Hall–Kier alpha value is -2.26. The number of nitrogens with zero attached hydrogens (tertiary/aromatic N) is 2. The van der Waals surface area contributed by atoms with Crippen LogP contribution in [0.2, 0.25) is 0 Å². The van der Waals surface area contributed by atoms with Crippen LogP contribution < -0.4 is 0 Å². The van der Waals surface area contributed by atoms with Gasteiger partial charge in [-0.1, -0.05) is 43.7 Å². The minimum Gasteiger partial charge on any atom is -0.356 e. The molecule has 0 aliphatic carbocycles. The molecule has 1 unspecified atom stereocenters. The third-order valence-corrected chi connectivity index (χ3v) is 3.92. The van der Waals surface area contributed by atoms with Gasteiger partial charge in [0.25, 0.3) is 0 Å². The van der Waals surface area contributed by atoms with E-state index in [0.717, 1.165) is 37.1 Å². The molecule has 1 aromatic heterocycles. The Kier molecular flexibility index (Phi) is 5.33. The highest BCUT2D eigenvalue weighted by Crippen LogP contribution is 2.21. The third-order valence-electron chi connectivity index (χ3n) is 3.92. The van der Waals surface area contributed by atoms with E-state index in [1.54, 1.807) is 12.4 Å². The van der Waals surface area contributed by atoms with E-state index in [2.05, 4.69) is 48.3 Å². The lowest BCUT2D eigenvalue weighted by molar-refractivity contribution is 0.0569. The molecular formula is C20H22N2O. The predicted molar refractivity (Wildman–Crippen MR) is 94.6 cm³/mol. The maximum atomic E-state index is 5.93. The molecule has 1 aliphatic rings. The van der Waals surface area contributed by atoms with Gasteiger partial charge in [0, 0.05) is 31.0 Å². The lowest BCUT2D eigenvalue weighted by Gasteiger charge is -2.22. The highest BCUT2D eigenvalue weighted by atomic mass is 16.5. The fourth-order valence-corrected chi connectivity index (χ4v) is 2.65. The Labute approximate surface area is 137 Å². The van der Waals surface area contributed by atoms with E-state index in [0.29, 0.717) is 0 Å². The average Bonchev–Trinajstić information content (AvgIpc) is 2.61. The van der Waals surface area contributed by atoms with Crippen LogP contribution in [0.1, 0.15) is 36.5 Å². The molecule has 0 bridgehead atoms. The van der Waals surface area contributed by atoms with Crippen molar-refractivity contribution < 1.29 is 4.74 Å². The Balaban J connectivity index is 1.82. The fourth-order valence-electron chi connectivity index (χ4n) is 2.65. The maximum Gasteiger partial charge on any atom is 0.153 e. The van der Waals surface area contributed by atoms with Crippen molar-refractivity contribution >= 4 is 11.8 Å². The maximum absolute atomic E-state index is 5.93. The first-order chi connectivity index (χ1) is 11.4. The van der Waals surface area contributed by atoms with Gasteiger partial charge in [0.15, 0.2) is 6.23 Å². The normalized spacial score (nSPS) is 17.1. The molecule has 0 fully saturated rings. The summed E-state index contributed by atoms with van der Waals surface area (Å²) >= 11 is 0. The molecule has 3 heteroatoms. The van der Waals surface area contributed by atoms with Crippen molar-refractivity contribution in [2.75, 3.05) is 6.61 Å².